The third-order valence-electron chi connectivity index (χ3n) is 2.08. The van der Waals surface area contributed by atoms with Gasteiger partial charge in [0, 0.05) is 13.2 Å². The normalized spacial score (nSPS) is 10.1. The van der Waals surface area contributed by atoms with Crippen molar-refractivity contribution in [2.75, 3.05) is 11.9 Å². The molecule has 2 rings (SSSR count). The van der Waals surface area contributed by atoms with Crippen molar-refractivity contribution in [2.24, 2.45) is 0 Å². The Balaban J connectivity index is 2.23. The van der Waals surface area contributed by atoms with Crippen LogP contribution in [-0.4, -0.2) is 17.9 Å². The molecular weight excluding hydrogens is 288 g/mol. The van der Waals surface area contributed by atoms with Crippen LogP contribution in [-0.2, 0) is 0 Å². The highest BCUT2D eigenvalue weighted by molar-refractivity contribution is 9.11. The number of amides is 1. The first-order valence-corrected chi connectivity index (χ1v) is 6.24. The van der Waals surface area contributed by atoms with Gasteiger partial charge in [0.15, 0.2) is 0 Å². The molecule has 0 aliphatic rings. The van der Waals surface area contributed by atoms with Gasteiger partial charge < -0.3 is 0 Å². The second-order valence-corrected chi connectivity index (χ2v) is 5.62. The molecule has 0 atom stereocenters. The number of thiophene rings is 1. The van der Waals surface area contributed by atoms with Gasteiger partial charge in [-0.15, -0.1) is 11.3 Å². The Hall–Kier alpha value is -1.20. The van der Waals surface area contributed by atoms with Crippen LogP contribution < -0.4 is 4.90 Å². The van der Waals surface area contributed by atoms with Crippen LogP contribution in [0.4, 0.5) is 5.82 Å². The predicted molar refractivity (Wildman–Crippen MR) is 69.0 cm³/mol. The number of pyridine rings is 1. The maximum absolute atomic E-state index is 12.0. The molecule has 16 heavy (non-hydrogen) atoms. The lowest BCUT2D eigenvalue weighted by Gasteiger charge is -2.14. The van der Waals surface area contributed by atoms with E-state index in [-0.39, 0.29) is 5.91 Å². The van der Waals surface area contributed by atoms with Gasteiger partial charge in [-0.25, -0.2) is 4.98 Å². The highest BCUT2D eigenvalue weighted by Crippen LogP contribution is 2.24. The predicted octanol–water partition coefficient (Wildman–Crippen LogP) is 3.18. The number of hydrogen-bond acceptors (Lipinski definition) is 3. The van der Waals surface area contributed by atoms with Crippen LogP contribution in [0.1, 0.15) is 9.67 Å². The summed E-state index contributed by atoms with van der Waals surface area (Å²) in [4.78, 5) is 18.4. The van der Waals surface area contributed by atoms with Crippen molar-refractivity contribution < 1.29 is 4.79 Å². The monoisotopic (exact) mass is 296 g/mol. The van der Waals surface area contributed by atoms with E-state index < -0.39 is 0 Å². The minimum atomic E-state index is -0.0469. The van der Waals surface area contributed by atoms with Gasteiger partial charge in [-0.1, -0.05) is 6.07 Å². The lowest BCUT2D eigenvalue weighted by atomic mass is 10.4. The Labute approximate surface area is 106 Å². The highest BCUT2D eigenvalue weighted by atomic mass is 79.9. The number of halogens is 1. The molecule has 2 heterocycles. The summed E-state index contributed by atoms with van der Waals surface area (Å²) in [6.45, 7) is 0. The van der Waals surface area contributed by atoms with E-state index in [0.717, 1.165) is 3.79 Å². The molecule has 0 spiro atoms. The lowest BCUT2D eigenvalue weighted by molar-refractivity contribution is 0.0996. The van der Waals surface area contributed by atoms with Crippen molar-refractivity contribution in [1.29, 1.82) is 0 Å². The second-order valence-electron chi connectivity index (χ2n) is 3.16. The highest BCUT2D eigenvalue weighted by Gasteiger charge is 2.15. The molecule has 0 saturated heterocycles. The second kappa shape index (κ2) is 4.76. The van der Waals surface area contributed by atoms with Crippen LogP contribution in [0.25, 0.3) is 0 Å². The van der Waals surface area contributed by atoms with E-state index in [1.165, 1.54) is 16.2 Å². The maximum Gasteiger partial charge on any atom is 0.269 e. The van der Waals surface area contributed by atoms with Crippen molar-refractivity contribution in [1.82, 2.24) is 4.98 Å². The summed E-state index contributed by atoms with van der Waals surface area (Å²) < 4.78 is 0.949. The average Bonchev–Trinajstić information content (AvgIpc) is 2.75. The Morgan fingerprint density at radius 1 is 1.38 bits per heavy atom. The molecule has 0 aromatic carbocycles. The van der Waals surface area contributed by atoms with E-state index in [9.17, 15) is 4.79 Å². The third-order valence-corrected chi connectivity index (χ3v) is 3.69. The van der Waals surface area contributed by atoms with E-state index in [1.54, 1.807) is 25.4 Å². The zero-order valence-corrected chi connectivity index (χ0v) is 11.0. The van der Waals surface area contributed by atoms with E-state index in [2.05, 4.69) is 20.9 Å². The fraction of sp³-hybridized carbons (Fsp3) is 0.0909. The molecule has 0 aliphatic heterocycles. The number of aromatic nitrogens is 1. The molecule has 82 valence electrons. The van der Waals surface area contributed by atoms with Gasteiger partial charge in [0.05, 0.1) is 8.66 Å². The van der Waals surface area contributed by atoms with Gasteiger partial charge >= 0.3 is 0 Å². The molecule has 1 amide bonds. The topological polar surface area (TPSA) is 33.2 Å². The van der Waals surface area contributed by atoms with Crippen molar-refractivity contribution in [3.63, 3.8) is 0 Å². The molecule has 2 aromatic rings. The fourth-order valence-electron chi connectivity index (χ4n) is 1.25. The van der Waals surface area contributed by atoms with Crippen LogP contribution in [0.5, 0.6) is 0 Å². The summed E-state index contributed by atoms with van der Waals surface area (Å²) in [5.74, 6) is 0.603. The molecule has 0 radical (unpaired) electrons. The number of nitrogens with zero attached hydrogens (tertiary/aromatic N) is 2. The first-order chi connectivity index (χ1) is 7.68. The maximum atomic E-state index is 12.0. The summed E-state index contributed by atoms with van der Waals surface area (Å²) in [5, 5.41) is 0. The van der Waals surface area contributed by atoms with Crippen molar-refractivity contribution >= 4 is 39.0 Å². The van der Waals surface area contributed by atoms with E-state index in [4.69, 9.17) is 0 Å². The molecule has 0 aliphatic carbocycles. The quantitative estimate of drug-likeness (QED) is 0.853. The van der Waals surface area contributed by atoms with Crippen LogP contribution >= 0.6 is 27.3 Å². The van der Waals surface area contributed by atoms with Crippen LogP contribution in [0, 0.1) is 0 Å². The first-order valence-electron chi connectivity index (χ1n) is 4.63. The molecule has 0 unspecified atom stereocenters. The standard InChI is InChI=1S/C11H9BrN2OS/c1-14(10-4-2-3-7-13-10)11(15)8-5-6-9(12)16-8/h2-7H,1H3. The summed E-state index contributed by atoms with van der Waals surface area (Å²) in [5.41, 5.74) is 0. The third kappa shape index (κ3) is 2.31. The Morgan fingerprint density at radius 3 is 2.75 bits per heavy atom. The molecule has 5 heteroatoms. The van der Waals surface area contributed by atoms with E-state index in [1.807, 2.05) is 18.2 Å². The van der Waals surface area contributed by atoms with Crippen LogP contribution in [0.15, 0.2) is 40.3 Å². The molecule has 0 fully saturated rings. The van der Waals surface area contributed by atoms with Crippen molar-refractivity contribution in [2.45, 2.75) is 0 Å². The van der Waals surface area contributed by atoms with Crippen molar-refractivity contribution in [3.8, 4) is 0 Å². The zero-order valence-electron chi connectivity index (χ0n) is 8.55. The summed E-state index contributed by atoms with van der Waals surface area (Å²) in [6, 6.07) is 9.15. The number of hydrogen-bond donors (Lipinski definition) is 0. The van der Waals surface area contributed by atoms with Gasteiger partial charge in [-0.3, -0.25) is 9.69 Å². The SMILES string of the molecule is CN(C(=O)c1ccc(Br)s1)c1ccccn1. The molecule has 0 N–H and O–H groups in total. The van der Waals surface area contributed by atoms with Crippen LogP contribution in [0.2, 0.25) is 0 Å². The average molecular weight is 297 g/mol. The van der Waals surface area contributed by atoms with Gasteiger partial charge in [0.25, 0.3) is 5.91 Å². The summed E-state index contributed by atoms with van der Waals surface area (Å²) in [6.07, 6.45) is 1.67. The van der Waals surface area contributed by atoms with Gasteiger partial charge in [-0.2, -0.15) is 0 Å². The smallest absolute Gasteiger partial charge is 0.269 e. The largest absolute Gasteiger partial charge is 0.295 e. The molecule has 0 bridgehead atoms. The fourth-order valence-corrected chi connectivity index (χ4v) is 2.61. The van der Waals surface area contributed by atoms with Crippen molar-refractivity contribution in [3.05, 3.63) is 45.2 Å². The Bertz CT molecular complexity index is 498. The van der Waals surface area contributed by atoms with Gasteiger partial charge in [-0.05, 0) is 40.2 Å². The first kappa shape index (κ1) is 11.3. The molecule has 3 nitrogen and oxygen atoms in total. The number of anilines is 1. The van der Waals surface area contributed by atoms with Crippen LogP contribution in [0.3, 0.4) is 0 Å². The molecular formula is C11H9BrN2OS. The lowest BCUT2D eigenvalue weighted by Crippen LogP contribution is -2.26. The summed E-state index contributed by atoms with van der Waals surface area (Å²) >= 11 is 4.75. The minimum absolute atomic E-state index is 0.0469. The number of carbonyl (C=O) groups excluding carboxylic acids is 1. The van der Waals surface area contributed by atoms with E-state index >= 15 is 0 Å². The van der Waals surface area contributed by atoms with Gasteiger partial charge in [0.2, 0.25) is 0 Å². The minimum Gasteiger partial charge on any atom is -0.295 e. The zero-order chi connectivity index (χ0) is 11.5. The molecule has 0 saturated carbocycles. The Morgan fingerprint density at radius 2 is 2.19 bits per heavy atom. The summed E-state index contributed by atoms with van der Waals surface area (Å²) in [7, 11) is 1.72. The Kier molecular flexibility index (Phi) is 3.36. The van der Waals surface area contributed by atoms with E-state index in [0.29, 0.717) is 10.7 Å². The van der Waals surface area contributed by atoms with Gasteiger partial charge in [0.1, 0.15) is 5.82 Å². The number of rotatable bonds is 2. The molecule has 2 aromatic heterocycles. The number of carbonyl (C=O) groups is 1.